The molecule has 0 aliphatic carbocycles. The molecule has 2 aliphatic rings. The molecule has 1 amide bonds. The van der Waals surface area contributed by atoms with Crippen molar-refractivity contribution < 1.29 is 19.1 Å². The van der Waals surface area contributed by atoms with E-state index in [9.17, 15) is 9.59 Å². The highest BCUT2D eigenvalue weighted by Gasteiger charge is 2.34. The number of rotatable bonds is 7. The van der Waals surface area contributed by atoms with Crippen LogP contribution in [0.3, 0.4) is 0 Å². The average Bonchev–Trinajstić information content (AvgIpc) is 3.29. The average molecular weight is 493 g/mol. The maximum Gasteiger partial charge on any atom is 0.410 e. The predicted octanol–water partition coefficient (Wildman–Crippen LogP) is 5.98. The summed E-state index contributed by atoms with van der Waals surface area (Å²) in [5.41, 5.74) is 1.34. The summed E-state index contributed by atoms with van der Waals surface area (Å²) in [6, 6.07) is 17.6. The number of ether oxygens (including phenoxy) is 2. The number of benzene rings is 2. The van der Waals surface area contributed by atoms with Crippen LogP contribution in [0.5, 0.6) is 5.75 Å². The molecule has 6 nitrogen and oxygen atoms in total. The van der Waals surface area contributed by atoms with Gasteiger partial charge in [0.2, 0.25) is 0 Å². The molecule has 3 atom stereocenters. The van der Waals surface area contributed by atoms with E-state index in [1.807, 2.05) is 68.1 Å². The van der Waals surface area contributed by atoms with E-state index in [-0.39, 0.29) is 17.9 Å². The highest BCUT2D eigenvalue weighted by atomic mass is 16.6. The van der Waals surface area contributed by atoms with E-state index in [4.69, 9.17) is 9.47 Å². The minimum absolute atomic E-state index is 0.00873. The second-order valence-corrected chi connectivity index (χ2v) is 11.4. The van der Waals surface area contributed by atoms with Crippen LogP contribution in [0.4, 0.5) is 4.79 Å². The van der Waals surface area contributed by atoms with Crippen molar-refractivity contribution in [1.29, 1.82) is 0 Å². The summed E-state index contributed by atoms with van der Waals surface area (Å²) >= 11 is 0. The number of Topliss-reactive ketones (excluding diaryl/α,β-unsaturated/α-hetero) is 1. The highest BCUT2D eigenvalue weighted by molar-refractivity contribution is 5.97. The molecule has 2 aromatic rings. The van der Waals surface area contributed by atoms with Crippen molar-refractivity contribution in [3.63, 3.8) is 0 Å². The molecule has 0 N–H and O–H groups in total. The summed E-state index contributed by atoms with van der Waals surface area (Å²) in [5, 5.41) is 0. The van der Waals surface area contributed by atoms with Crippen LogP contribution in [0.15, 0.2) is 54.6 Å². The number of nitrogens with zero attached hydrogens (tertiary/aromatic N) is 2. The number of hydrogen-bond donors (Lipinski definition) is 0. The van der Waals surface area contributed by atoms with Crippen LogP contribution in [0.1, 0.15) is 68.9 Å². The van der Waals surface area contributed by atoms with E-state index in [1.165, 1.54) is 0 Å². The standard InChI is InChI=1S/C30H40N2O4/c1-22-13-14-27(32(18-22)29(34)36-30(2,3)4)25-11-8-12-26(17-25)35-21-23-15-16-31(19-23)20-28(33)24-9-6-5-7-10-24/h5-12,17,22-23,27H,13-16,18-21H2,1-4H3/t22-,23-,27+/m0/s1. The molecule has 4 rings (SSSR count). The zero-order valence-corrected chi connectivity index (χ0v) is 22.1. The Labute approximate surface area is 215 Å². The molecule has 2 fully saturated rings. The molecule has 2 aromatic carbocycles. The Morgan fingerprint density at radius 1 is 0.972 bits per heavy atom. The Hall–Kier alpha value is -2.86. The topological polar surface area (TPSA) is 59.1 Å². The number of amides is 1. The van der Waals surface area contributed by atoms with Crippen molar-refractivity contribution in [2.45, 2.75) is 58.6 Å². The third-order valence-corrected chi connectivity index (χ3v) is 7.01. The second-order valence-electron chi connectivity index (χ2n) is 11.4. The molecular formula is C30H40N2O4. The third-order valence-electron chi connectivity index (χ3n) is 7.01. The third kappa shape index (κ3) is 7.10. The van der Waals surface area contributed by atoms with Crippen molar-refractivity contribution in [3.05, 3.63) is 65.7 Å². The van der Waals surface area contributed by atoms with Gasteiger partial charge in [0.25, 0.3) is 0 Å². The Bertz CT molecular complexity index is 1030. The van der Waals surface area contributed by atoms with Gasteiger partial charge in [0.05, 0.1) is 19.2 Å². The number of carbonyl (C=O) groups is 2. The summed E-state index contributed by atoms with van der Waals surface area (Å²) in [6.07, 6.45) is 2.77. The van der Waals surface area contributed by atoms with E-state index in [1.54, 1.807) is 0 Å². The normalized spacial score (nSPS) is 22.9. The van der Waals surface area contributed by atoms with Gasteiger partial charge in [0.1, 0.15) is 11.4 Å². The fourth-order valence-corrected chi connectivity index (χ4v) is 5.16. The van der Waals surface area contributed by atoms with Gasteiger partial charge in [-0.1, -0.05) is 49.4 Å². The number of carbonyl (C=O) groups excluding carboxylic acids is 2. The van der Waals surface area contributed by atoms with Crippen LogP contribution in [0.2, 0.25) is 0 Å². The Kier molecular flexibility index (Phi) is 8.35. The molecule has 0 spiro atoms. The SMILES string of the molecule is C[C@H]1CC[C@H](c2cccc(OC[C@H]3CCN(CC(=O)c4ccccc4)C3)c2)N(C(=O)OC(C)(C)C)C1. The Morgan fingerprint density at radius 3 is 2.50 bits per heavy atom. The quantitative estimate of drug-likeness (QED) is 0.445. The van der Waals surface area contributed by atoms with Gasteiger partial charge in [-0.15, -0.1) is 0 Å². The number of ketones is 1. The van der Waals surface area contributed by atoms with Gasteiger partial charge >= 0.3 is 6.09 Å². The molecule has 2 aliphatic heterocycles. The maximum absolute atomic E-state index is 13.0. The van der Waals surface area contributed by atoms with E-state index in [2.05, 4.69) is 24.0 Å². The zero-order valence-electron chi connectivity index (χ0n) is 22.1. The lowest BCUT2D eigenvalue weighted by atomic mass is 9.90. The first kappa shape index (κ1) is 26.2. The van der Waals surface area contributed by atoms with Gasteiger partial charge in [-0.3, -0.25) is 9.69 Å². The maximum atomic E-state index is 13.0. The van der Waals surface area contributed by atoms with Gasteiger partial charge in [-0.25, -0.2) is 4.79 Å². The van der Waals surface area contributed by atoms with Crippen LogP contribution < -0.4 is 4.74 Å². The molecule has 0 unspecified atom stereocenters. The summed E-state index contributed by atoms with van der Waals surface area (Å²) in [7, 11) is 0. The minimum Gasteiger partial charge on any atom is -0.493 e. The predicted molar refractivity (Wildman–Crippen MR) is 141 cm³/mol. The van der Waals surface area contributed by atoms with Gasteiger partial charge < -0.3 is 14.4 Å². The van der Waals surface area contributed by atoms with Gasteiger partial charge in [-0.2, -0.15) is 0 Å². The fourth-order valence-electron chi connectivity index (χ4n) is 5.16. The summed E-state index contributed by atoms with van der Waals surface area (Å²) in [6.45, 7) is 11.5. The zero-order chi connectivity index (χ0) is 25.7. The first-order chi connectivity index (χ1) is 17.2. The molecule has 2 saturated heterocycles. The highest BCUT2D eigenvalue weighted by Crippen LogP contribution is 2.35. The molecule has 0 aromatic heterocycles. The van der Waals surface area contributed by atoms with E-state index >= 15 is 0 Å². The first-order valence-electron chi connectivity index (χ1n) is 13.2. The number of hydrogen-bond acceptors (Lipinski definition) is 5. The molecule has 2 heterocycles. The van der Waals surface area contributed by atoms with Crippen LogP contribution in [0, 0.1) is 11.8 Å². The smallest absolute Gasteiger partial charge is 0.410 e. The summed E-state index contributed by atoms with van der Waals surface area (Å²) in [5.74, 6) is 1.84. The molecule has 194 valence electrons. The van der Waals surface area contributed by atoms with E-state index in [0.717, 1.165) is 49.2 Å². The second kappa shape index (κ2) is 11.5. The van der Waals surface area contributed by atoms with Crippen LogP contribution in [-0.4, -0.2) is 60.1 Å². The lowest BCUT2D eigenvalue weighted by molar-refractivity contribution is 0.00359. The van der Waals surface area contributed by atoms with Gasteiger partial charge in [0, 0.05) is 24.6 Å². The van der Waals surface area contributed by atoms with Crippen LogP contribution in [0.25, 0.3) is 0 Å². The van der Waals surface area contributed by atoms with Gasteiger partial charge in [-0.05, 0) is 70.2 Å². The lowest BCUT2D eigenvalue weighted by Gasteiger charge is -2.39. The monoisotopic (exact) mass is 492 g/mol. The summed E-state index contributed by atoms with van der Waals surface area (Å²) in [4.78, 5) is 29.6. The van der Waals surface area contributed by atoms with Crippen molar-refractivity contribution in [1.82, 2.24) is 9.80 Å². The van der Waals surface area contributed by atoms with Crippen molar-refractivity contribution in [2.75, 3.05) is 32.8 Å². The number of piperidine rings is 1. The molecular weight excluding hydrogens is 452 g/mol. The van der Waals surface area contributed by atoms with E-state index in [0.29, 0.717) is 31.5 Å². The summed E-state index contributed by atoms with van der Waals surface area (Å²) < 4.78 is 11.9. The number of likely N-dealkylation sites (tertiary alicyclic amines) is 2. The van der Waals surface area contributed by atoms with Crippen molar-refractivity contribution in [3.8, 4) is 5.75 Å². The molecule has 0 bridgehead atoms. The van der Waals surface area contributed by atoms with E-state index < -0.39 is 5.60 Å². The van der Waals surface area contributed by atoms with Crippen LogP contribution in [-0.2, 0) is 4.74 Å². The van der Waals surface area contributed by atoms with Crippen molar-refractivity contribution in [2.24, 2.45) is 11.8 Å². The van der Waals surface area contributed by atoms with Gasteiger partial charge in [0.15, 0.2) is 5.78 Å². The Balaban J connectivity index is 1.33. The Morgan fingerprint density at radius 2 is 1.75 bits per heavy atom. The first-order valence-corrected chi connectivity index (χ1v) is 13.2. The molecule has 36 heavy (non-hydrogen) atoms. The molecule has 6 heteroatoms. The minimum atomic E-state index is -0.520. The molecule has 0 radical (unpaired) electrons. The molecule has 0 saturated carbocycles. The largest absolute Gasteiger partial charge is 0.493 e. The van der Waals surface area contributed by atoms with Crippen LogP contribution >= 0.6 is 0 Å². The lowest BCUT2D eigenvalue weighted by Crippen LogP contribution is -2.44. The fraction of sp³-hybridized carbons (Fsp3) is 0.533. The van der Waals surface area contributed by atoms with Crippen molar-refractivity contribution >= 4 is 11.9 Å².